The second-order valence-electron chi connectivity index (χ2n) is 7.50. The number of benzene rings is 2. The van der Waals surface area contributed by atoms with Gasteiger partial charge in [0.05, 0.1) is 11.9 Å². The smallest absolute Gasteiger partial charge is 0.244 e. The Hall–Kier alpha value is -2.87. The fourth-order valence-electron chi connectivity index (χ4n) is 3.22. The summed E-state index contributed by atoms with van der Waals surface area (Å²) in [7, 11) is -3.70. The van der Waals surface area contributed by atoms with E-state index in [0.717, 1.165) is 21.7 Å². The summed E-state index contributed by atoms with van der Waals surface area (Å²) < 4.78 is 26.0. The van der Waals surface area contributed by atoms with Crippen molar-refractivity contribution in [2.75, 3.05) is 30.2 Å². The van der Waals surface area contributed by atoms with E-state index in [1.165, 1.54) is 4.90 Å². The lowest BCUT2D eigenvalue weighted by molar-refractivity contribution is -0.138. The third-order valence-corrected chi connectivity index (χ3v) is 6.14. The lowest BCUT2D eigenvalue weighted by atomic mass is 10.1. The van der Waals surface area contributed by atoms with Crippen molar-refractivity contribution in [3.63, 3.8) is 0 Å². The first-order valence-corrected chi connectivity index (χ1v) is 12.1. The molecule has 0 aliphatic heterocycles. The van der Waals surface area contributed by atoms with Crippen molar-refractivity contribution < 1.29 is 18.0 Å². The van der Waals surface area contributed by atoms with Crippen LogP contribution >= 0.6 is 0 Å². The van der Waals surface area contributed by atoms with Crippen molar-refractivity contribution in [1.82, 2.24) is 10.2 Å². The van der Waals surface area contributed by atoms with Gasteiger partial charge in [0, 0.05) is 13.1 Å². The number of anilines is 1. The topological polar surface area (TPSA) is 86.8 Å². The Labute approximate surface area is 185 Å². The van der Waals surface area contributed by atoms with E-state index in [-0.39, 0.29) is 12.5 Å². The van der Waals surface area contributed by atoms with Crippen molar-refractivity contribution in [2.45, 2.75) is 33.2 Å². The fraction of sp³-hybridized carbons (Fsp3) is 0.391. The van der Waals surface area contributed by atoms with Crippen molar-refractivity contribution in [1.29, 1.82) is 0 Å². The van der Waals surface area contributed by atoms with Crippen LogP contribution in [0.3, 0.4) is 0 Å². The molecule has 0 aromatic heterocycles. The highest BCUT2D eigenvalue weighted by molar-refractivity contribution is 7.92. The van der Waals surface area contributed by atoms with E-state index in [4.69, 9.17) is 0 Å². The van der Waals surface area contributed by atoms with Gasteiger partial charge in [-0.3, -0.25) is 13.9 Å². The van der Waals surface area contributed by atoms with E-state index in [2.05, 4.69) is 5.32 Å². The number of nitrogens with zero attached hydrogens (tertiary/aromatic N) is 2. The van der Waals surface area contributed by atoms with Crippen LogP contribution in [0.1, 0.15) is 25.0 Å². The van der Waals surface area contributed by atoms with Crippen LogP contribution in [0.4, 0.5) is 5.69 Å². The van der Waals surface area contributed by atoms with Crippen molar-refractivity contribution in [3.05, 3.63) is 65.7 Å². The second kappa shape index (κ2) is 10.9. The molecule has 2 aromatic rings. The van der Waals surface area contributed by atoms with E-state index >= 15 is 0 Å². The van der Waals surface area contributed by atoms with Gasteiger partial charge in [0.2, 0.25) is 21.8 Å². The lowest BCUT2D eigenvalue weighted by Crippen LogP contribution is -2.52. The van der Waals surface area contributed by atoms with Gasteiger partial charge in [-0.2, -0.15) is 0 Å². The quantitative estimate of drug-likeness (QED) is 0.608. The van der Waals surface area contributed by atoms with Crippen LogP contribution in [-0.4, -0.2) is 57.1 Å². The number of hydrogen-bond acceptors (Lipinski definition) is 4. The molecule has 0 aliphatic rings. The minimum atomic E-state index is -3.70. The predicted octanol–water partition coefficient (Wildman–Crippen LogP) is 2.36. The summed E-state index contributed by atoms with van der Waals surface area (Å²) >= 11 is 0. The average molecular weight is 446 g/mol. The van der Waals surface area contributed by atoms with Gasteiger partial charge in [0.1, 0.15) is 12.6 Å². The van der Waals surface area contributed by atoms with Gasteiger partial charge in [0.15, 0.2) is 0 Å². The number of sulfonamides is 1. The van der Waals surface area contributed by atoms with E-state index in [0.29, 0.717) is 25.2 Å². The van der Waals surface area contributed by atoms with Gasteiger partial charge in [-0.1, -0.05) is 48.0 Å². The molecule has 0 aliphatic carbocycles. The first-order valence-electron chi connectivity index (χ1n) is 10.3. The number of rotatable bonds is 10. The molecule has 7 nitrogen and oxygen atoms in total. The van der Waals surface area contributed by atoms with E-state index < -0.39 is 22.0 Å². The van der Waals surface area contributed by atoms with Gasteiger partial charge >= 0.3 is 0 Å². The van der Waals surface area contributed by atoms with Gasteiger partial charge < -0.3 is 10.2 Å². The van der Waals surface area contributed by atoms with Crippen LogP contribution in [0.2, 0.25) is 0 Å². The molecule has 0 spiro atoms. The Morgan fingerprint density at radius 1 is 1.03 bits per heavy atom. The molecule has 8 heteroatoms. The molecule has 2 amide bonds. The van der Waals surface area contributed by atoms with Crippen LogP contribution in [0.15, 0.2) is 54.6 Å². The molecule has 0 saturated heterocycles. The van der Waals surface area contributed by atoms with Crippen LogP contribution in [-0.2, 0) is 26.0 Å². The third-order valence-electron chi connectivity index (χ3n) is 5.00. The Morgan fingerprint density at radius 3 is 2.19 bits per heavy atom. The monoisotopic (exact) mass is 445 g/mol. The lowest BCUT2D eigenvalue weighted by Gasteiger charge is -2.31. The molecule has 0 saturated carbocycles. The Morgan fingerprint density at radius 2 is 1.65 bits per heavy atom. The molecule has 168 valence electrons. The van der Waals surface area contributed by atoms with Crippen molar-refractivity contribution in [2.24, 2.45) is 0 Å². The molecule has 0 heterocycles. The first kappa shape index (κ1) is 24.4. The second-order valence-corrected chi connectivity index (χ2v) is 9.41. The number of likely N-dealkylation sites (N-methyl/N-ethyl adjacent to an activating group) is 1. The van der Waals surface area contributed by atoms with Crippen molar-refractivity contribution in [3.8, 4) is 0 Å². The maximum Gasteiger partial charge on any atom is 0.244 e. The molecule has 2 aromatic carbocycles. The standard InChI is InChI=1S/C23H31N3O4S/c1-5-24-23(28)19(3)25(16-15-20-9-7-6-8-10-20)22(27)17-26(31(4,29)30)21-13-11-18(2)12-14-21/h6-14,19H,5,15-17H2,1-4H3,(H,24,28)/t19-/m1/s1. The van der Waals surface area contributed by atoms with Gasteiger partial charge in [-0.15, -0.1) is 0 Å². The first-order chi connectivity index (χ1) is 14.6. The zero-order valence-corrected chi connectivity index (χ0v) is 19.4. The molecule has 1 atom stereocenters. The summed E-state index contributed by atoms with van der Waals surface area (Å²) in [6.45, 7) is 5.74. The Balaban J connectivity index is 2.28. The zero-order valence-electron chi connectivity index (χ0n) is 18.5. The van der Waals surface area contributed by atoms with Gasteiger partial charge in [0.25, 0.3) is 0 Å². The zero-order chi connectivity index (χ0) is 23.0. The Bertz CT molecular complexity index is 976. The minimum Gasteiger partial charge on any atom is -0.355 e. The summed E-state index contributed by atoms with van der Waals surface area (Å²) in [4.78, 5) is 27.2. The maximum absolute atomic E-state index is 13.3. The summed E-state index contributed by atoms with van der Waals surface area (Å²) in [5.74, 6) is -0.703. The molecule has 31 heavy (non-hydrogen) atoms. The maximum atomic E-state index is 13.3. The van der Waals surface area contributed by atoms with E-state index in [9.17, 15) is 18.0 Å². The number of hydrogen-bond donors (Lipinski definition) is 1. The SMILES string of the molecule is CCNC(=O)[C@@H](C)N(CCc1ccccc1)C(=O)CN(c1ccc(C)cc1)S(C)(=O)=O. The number of amides is 2. The van der Waals surface area contributed by atoms with Crippen molar-refractivity contribution >= 4 is 27.5 Å². The average Bonchev–Trinajstić information content (AvgIpc) is 2.73. The summed E-state index contributed by atoms with van der Waals surface area (Å²) in [6, 6.07) is 15.9. The third kappa shape index (κ3) is 7.10. The van der Waals surface area contributed by atoms with E-state index in [1.807, 2.05) is 44.2 Å². The molecule has 1 N–H and O–H groups in total. The predicted molar refractivity (Wildman–Crippen MR) is 123 cm³/mol. The molecule has 0 radical (unpaired) electrons. The van der Waals surface area contributed by atoms with E-state index in [1.54, 1.807) is 31.2 Å². The summed E-state index contributed by atoms with van der Waals surface area (Å²) in [5.41, 5.74) is 2.43. The fourth-order valence-corrected chi connectivity index (χ4v) is 4.07. The molecule has 0 fully saturated rings. The largest absolute Gasteiger partial charge is 0.355 e. The highest BCUT2D eigenvalue weighted by atomic mass is 32.2. The van der Waals surface area contributed by atoms with Crippen LogP contribution < -0.4 is 9.62 Å². The number of aryl methyl sites for hydroxylation is 1. The highest BCUT2D eigenvalue weighted by Crippen LogP contribution is 2.19. The molecule has 2 rings (SSSR count). The number of carbonyl (C=O) groups is 2. The minimum absolute atomic E-state index is 0.273. The van der Waals surface area contributed by atoms with Gasteiger partial charge in [-0.05, 0) is 44.9 Å². The summed E-state index contributed by atoms with van der Waals surface area (Å²) in [6.07, 6.45) is 1.63. The molecular weight excluding hydrogens is 414 g/mol. The van der Waals surface area contributed by atoms with Crippen LogP contribution in [0.5, 0.6) is 0 Å². The van der Waals surface area contributed by atoms with Crippen LogP contribution in [0.25, 0.3) is 0 Å². The van der Waals surface area contributed by atoms with Gasteiger partial charge in [-0.25, -0.2) is 8.42 Å². The normalized spacial score (nSPS) is 12.1. The highest BCUT2D eigenvalue weighted by Gasteiger charge is 2.29. The molecular formula is C23H31N3O4S. The Kier molecular flexibility index (Phi) is 8.62. The molecule has 0 unspecified atom stereocenters. The molecule has 0 bridgehead atoms. The summed E-state index contributed by atoms with van der Waals surface area (Å²) in [5, 5.41) is 2.74. The van der Waals surface area contributed by atoms with Crippen LogP contribution in [0, 0.1) is 6.92 Å². The number of nitrogens with one attached hydrogen (secondary N) is 1. The number of carbonyl (C=O) groups excluding carboxylic acids is 2.